The SMILES string of the molecule is CC1CC2CC1C(C(=O)N[C@H](C#N)Cc1ccc(-c3ccc4c(c3)CNC4=O)cc1F)N2C(=O)OC(C)(C)C. The molecule has 2 aliphatic heterocycles. The topological polar surface area (TPSA) is 112 Å². The molecule has 9 heteroatoms. The lowest BCUT2D eigenvalue weighted by Gasteiger charge is -2.38. The van der Waals surface area contributed by atoms with Gasteiger partial charge in [0.1, 0.15) is 23.5 Å². The van der Waals surface area contributed by atoms with Crippen LogP contribution in [-0.2, 0) is 22.5 Å². The van der Waals surface area contributed by atoms with Crippen molar-refractivity contribution in [1.29, 1.82) is 5.26 Å². The maximum absolute atomic E-state index is 15.1. The van der Waals surface area contributed by atoms with E-state index in [1.807, 2.05) is 6.07 Å². The monoisotopic (exact) mass is 532 g/mol. The Morgan fingerprint density at radius 1 is 1.21 bits per heavy atom. The molecule has 0 spiro atoms. The van der Waals surface area contributed by atoms with E-state index in [2.05, 4.69) is 23.6 Å². The minimum Gasteiger partial charge on any atom is -0.444 e. The molecule has 4 unspecified atom stereocenters. The quantitative estimate of drug-likeness (QED) is 0.596. The Morgan fingerprint density at radius 3 is 2.62 bits per heavy atom. The summed E-state index contributed by atoms with van der Waals surface area (Å²) in [7, 11) is 0. The molecular formula is C30H33FN4O4. The van der Waals surface area contributed by atoms with Crippen LogP contribution >= 0.6 is 0 Å². The van der Waals surface area contributed by atoms with Gasteiger partial charge in [-0.15, -0.1) is 0 Å². The van der Waals surface area contributed by atoms with Crippen molar-refractivity contribution in [2.45, 2.75) is 77.2 Å². The number of halogens is 1. The molecule has 1 saturated heterocycles. The molecule has 2 heterocycles. The minimum atomic E-state index is -0.968. The van der Waals surface area contributed by atoms with Gasteiger partial charge in [-0.2, -0.15) is 5.26 Å². The minimum absolute atomic E-state index is 0.0141. The summed E-state index contributed by atoms with van der Waals surface area (Å²) in [6.45, 7) is 7.87. The van der Waals surface area contributed by atoms with Crippen molar-refractivity contribution in [1.82, 2.24) is 15.5 Å². The second-order valence-corrected chi connectivity index (χ2v) is 11.9. The van der Waals surface area contributed by atoms with Crippen LogP contribution in [0.25, 0.3) is 11.1 Å². The first kappa shape index (κ1) is 26.7. The number of rotatable bonds is 5. The first-order valence-corrected chi connectivity index (χ1v) is 13.4. The van der Waals surface area contributed by atoms with E-state index >= 15 is 4.39 Å². The third-order valence-electron chi connectivity index (χ3n) is 7.96. The number of amides is 3. The largest absolute Gasteiger partial charge is 0.444 e. The van der Waals surface area contributed by atoms with Crippen LogP contribution in [0.15, 0.2) is 36.4 Å². The molecule has 3 amide bonds. The summed E-state index contributed by atoms with van der Waals surface area (Å²) in [5, 5.41) is 15.3. The number of hydrogen-bond donors (Lipinski definition) is 2. The number of likely N-dealkylation sites (tertiary alicyclic amines) is 1. The van der Waals surface area contributed by atoms with Crippen LogP contribution in [0.1, 0.15) is 62.0 Å². The van der Waals surface area contributed by atoms with E-state index in [4.69, 9.17) is 4.74 Å². The van der Waals surface area contributed by atoms with Gasteiger partial charge in [0.05, 0.1) is 6.07 Å². The first-order valence-electron chi connectivity index (χ1n) is 13.4. The summed E-state index contributed by atoms with van der Waals surface area (Å²) >= 11 is 0. The van der Waals surface area contributed by atoms with Gasteiger partial charge in [0.15, 0.2) is 0 Å². The fourth-order valence-electron chi connectivity index (χ4n) is 6.16. The molecule has 5 rings (SSSR count). The zero-order valence-electron chi connectivity index (χ0n) is 22.6. The van der Waals surface area contributed by atoms with Crippen LogP contribution in [0.3, 0.4) is 0 Å². The van der Waals surface area contributed by atoms with Crippen LogP contribution in [0, 0.1) is 29.0 Å². The summed E-state index contributed by atoms with van der Waals surface area (Å²) < 4.78 is 20.7. The predicted molar refractivity (Wildman–Crippen MR) is 142 cm³/mol. The van der Waals surface area contributed by atoms with Gasteiger partial charge in [-0.1, -0.05) is 25.1 Å². The first-order chi connectivity index (χ1) is 18.4. The highest BCUT2D eigenvalue weighted by Gasteiger charge is 2.55. The molecule has 2 fully saturated rings. The number of ether oxygens (including phenoxy) is 1. The Balaban J connectivity index is 1.29. The average Bonchev–Trinajstić information content (AvgIpc) is 3.55. The summed E-state index contributed by atoms with van der Waals surface area (Å²) in [5.41, 5.74) is 2.53. The van der Waals surface area contributed by atoms with Gasteiger partial charge in [-0.25, -0.2) is 9.18 Å². The van der Waals surface area contributed by atoms with E-state index in [0.717, 1.165) is 24.0 Å². The van der Waals surface area contributed by atoms with E-state index in [1.54, 1.807) is 45.0 Å². The lowest BCUT2D eigenvalue weighted by atomic mass is 9.88. The molecule has 2 aromatic carbocycles. The van der Waals surface area contributed by atoms with E-state index in [1.165, 1.54) is 11.0 Å². The van der Waals surface area contributed by atoms with Gasteiger partial charge >= 0.3 is 6.09 Å². The highest BCUT2D eigenvalue weighted by atomic mass is 19.1. The van der Waals surface area contributed by atoms with Gasteiger partial charge in [0, 0.05) is 24.6 Å². The molecular weight excluding hydrogens is 499 g/mol. The lowest BCUT2D eigenvalue weighted by Crippen LogP contribution is -2.56. The summed E-state index contributed by atoms with van der Waals surface area (Å²) in [5.74, 6) is -0.763. The normalized spacial score (nSPS) is 24.1. The number of hydrogen-bond acceptors (Lipinski definition) is 5. The van der Waals surface area contributed by atoms with Crippen molar-refractivity contribution in [2.24, 2.45) is 11.8 Å². The highest BCUT2D eigenvalue weighted by Crippen LogP contribution is 2.46. The van der Waals surface area contributed by atoms with Crippen molar-refractivity contribution >= 4 is 17.9 Å². The third kappa shape index (κ3) is 5.20. The number of carbonyl (C=O) groups excluding carboxylic acids is 3. The van der Waals surface area contributed by atoms with E-state index in [0.29, 0.717) is 23.2 Å². The number of nitriles is 1. The Kier molecular flexibility index (Phi) is 6.83. The Hall–Kier alpha value is -3.93. The summed E-state index contributed by atoms with van der Waals surface area (Å²) in [4.78, 5) is 39.8. The van der Waals surface area contributed by atoms with Crippen LogP contribution in [0.5, 0.6) is 0 Å². The number of piperidine rings is 1. The summed E-state index contributed by atoms with van der Waals surface area (Å²) in [6.07, 6.45) is 0.992. The molecule has 2 aromatic rings. The summed E-state index contributed by atoms with van der Waals surface area (Å²) in [6, 6.07) is 10.5. The van der Waals surface area contributed by atoms with Gasteiger partial charge in [0.2, 0.25) is 5.91 Å². The van der Waals surface area contributed by atoms with Crippen LogP contribution in [-0.4, -0.2) is 46.5 Å². The third-order valence-corrected chi connectivity index (χ3v) is 7.96. The number of benzene rings is 2. The molecule has 204 valence electrons. The maximum Gasteiger partial charge on any atom is 0.411 e. The lowest BCUT2D eigenvalue weighted by molar-refractivity contribution is -0.129. The van der Waals surface area contributed by atoms with Crippen LogP contribution < -0.4 is 10.6 Å². The van der Waals surface area contributed by atoms with Gasteiger partial charge in [-0.3, -0.25) is 14.5 Å². The van der Waals surface area contributed by atoms with Gasteiger partial charge < -0.3 is 15.4 Å². The van der Waals surface area contributed by atoms with Crippen molar-refractivity contribution in [3.8, 4) is 17.2 Å². The fourth-order valence-corrected chi connectivity index (χ4v) is 6.16. The zero-order chi connectivity index (χ0) is 28.1. The standard InChI is InChI=1S/C30H33FN4O4/c1-16-9-22-13-24(16)26(35(22)29(38)39-30(2,3)4)28(37)34-21(14-32)11-19-6-5-18(12-25(19)31)17-7-8-23-20(10-17)15-33-27(23)36/h5-8,10,12,16,21-22,24,26H,9,11,13,15H2,1-4H3,(H,33,36)(H,34,37)/t16?,21-,22?,24?,26?/m0/s1. The number of carbonyl (C=O) groups is 3. The van der Waals surface area contributed by atoms with Crippen molar-refractivity contribution in [3.63, 3.8) is 0 Å². The Bertz CT molecular complexity index is 1380. The molecule has 1 aliphatic carbocycles. The molecule has 2 bridgehead atoms. The van der Waals surface area contributed by atoms with Crippen LogP contribution in [0.4, 0.5) is 9.18 Å². The Labute approximate surface area is 227 Å². The molecule has 39 heavy (non-hydrogen) atoms. The second-order valence-electron chi connectivity index (χ2n) is 11.9. The number of fused-ring (bicyclic) bond motifs is 3. The zero-order valence-corrected chi connectivity index (χ0v) is 22.6. The molecule has 3 aliphatic rings. The van der Waals surface area contributed by atoms with Crippen LogP contribution in [0.2, 0.25) is 0 Å². The second kappa shape index (κ2) is 9.99. The average molecular weight is 533 g/mol. The molecule has 0 radical (unpaired) electrons. The van der Waals surface area contributed by atoms with Crippen molar-refractivity contribution < 1.29 is 23.5 Å². The predicted octanol–water partition coefficient (Wildman–Crippen LogP) is 4.32. The fraction of sp³-hybridized carbons (Fsp3) is 0.467. The smallest absolute Gasteiger partial charge is 0.411 e. The molecule has 0 aromatic heterocycles. The van der Waals surface area contributed by atoms with Crippen molar-refractivity contribution in [2.75, 3.05) is 0 Å². The molecule has 8 nitrogen and oxygen atoms in total. The molecule has 1 saturated carbocycles. The molecule has 5 atom stereocenters. The maximum atomic E-state index is 15.1. The van der Waals surface area contributed by atoms with Gasteiger partial charge in [0.25, 0.3) is 5.91 Å². The van der Waals surface area contributed by atoms with E-state index in [-0.39, 0.29) is 30.2 Å². The van der Waals surface area contributed by atoms with E-state index in [9.17, 15) is 19.6 Å². The van der Waals surface area contributed by atoms with Gasteiger partial charge in [-0.05, 0) is 85.9 Å². The number of nitrogens with zero attached hydrogens (tertiary/aromatic N) is 2. The van der Waals surface area contributed by atoms with Crippen molar-refractivity contribution in [3.05, 3.63) is 58.9 Å². The number of nitrogens with one attached hydrogen (secondary N) is 2. The Morgan fingerprint density at radius 2 is 1.92 bits per heavy atom. The van der Waals surface area contributed by atoms with E-state index < -0.39 is 35.5 Å². The highest BCUT2D eigenvalue weighted by molar-refractivity contribution is 5.98. The molecule has 2 N–H and O–H groups in total.